The first kappa shape index (κ1) is 10.9. The maximum absolute atomic E-state index is 11.4. The van der Waals surface area contributed by atoms with Gasteiger partial charge in [0.2, 0.25) is 5.91 Å². The van der Waals surface area contributed by atoms with Crippen LogP contribution in [0.2, 0.25) is 0 Å². The molecule has 1 aliphatic rings. The minimum atomic E-state index is -0.634. The molecule has 6 heteroatoms. The number of methoxy groups -OCH3 is 1. The third-order valence-electron chi connectivity index (χ3n) is 2.11. The van der Waals surface area contributed by atoms with Crippen molar-refractivity contribution in [2.24, 2.45) is 5.73 Å². The molecule has 0 spiro atoms. The number of carbonyl (C=O) groups excluding carboxylic acids is 2. The predicted octanol–water partition coefficient (Wildman–Crippen LogP) is -2.04. The lowest BCUT2D eigenvalue weighted by molar-refractivity contribution is -0.131. The van der Waals surface area contributed by atoms with E-state index in [0.717, 1.165) is 0 Å². The zero-order valence-corrected chi connectivity index (χ0v) is 8.08. The smallest absolute Gasteiger partial charge is 0.250 e. The number of nitrogens with one attached hydrogen (secondary N) is 2. The van der Waals surface area contributed by atoms with Crippen molar-refractivity contribution in [1.82, 2.24) is 10.6 Å². The van der Waals surface area contributed by atoms with Crippen LogP contribution in [0.25, 0.3) is 0 Å². The Kier molecular flexibility index (Phi) is 3.84. The SMILES string of the molecule is COC(CN)C(=O)NC1CNC(=O)C1. The van der Waals surface area contributed by atoms with Crippen molar-refractivity contribution >= 4 is 11.8 Å². The fraction of sp³-hybridized carbons (Fsp3) is 0.750. The summed E-state index contributed by atoms with van der Waals surface area (Å²) in [5.74, 6) is -0.312. The highest BCUT2D eigenvalue weighted by Gasteiger charge is 2.25. The van der Waals surface area contributed by atoms with Gasteiger partial charge in [-0.2, -0.15) is 0 Å². The highest BCUT2D eigenvalue weighted by atomic mass is 16.5. The van der Waals surface area contributed by atoms with Gasteiger partial charge in [0.15, 0.2) is 0 Å². The molecule has 1 heterocycles. The van der Waals surface area contributed by atoms with Crippen LogP contribution in [0.1, 0.15) is 6.42 Å². The first-order chi connectivity index (χ1) is 6.67. The highest BCUT2D eigenvalue weighted by molar-refractivity contribution is 5.84. The summed E-state index contributed by atoms with van der Waals surface area (Å²) < 4.78 is 4.86. The summed E-state index contributed by atoms with van der Waals surface area (Å²) in [6, 6.07) is -0.140. The molecule has 1 fully saturated rings. The standard InChI is InChI=1S/C8H15N3O3/c1-14-6(3-9)8(13)11-5-2-7(12)10-4-5/h5-6H,2-4,9H2,1H3,(H,10,12)(H,11,13). The van der Waals surface area contributed by atoms with E-state index >= 15 is 0 Å². The maximum Gasteiger partial charge on any atom is 0.250 e. The Bertz CT molecular complexity index is 228. The molecule has 0 aliphatic carbocycles. The summed E-state index contributed by atoms with van der Waals surface area (Å²) in [4.78, 5) is 22.2. The Morgan fingerprint density at radius 3 is 3.00 bits per heavy atom. The van der Waals surface area contributed by atoms with Crippen molar-refractivity contribution < 1.29 is 14.3 Å². The fourth-order valence-corrected chi connectivity index (χ4v) is 1.31. The molecule has 80 valence electrons. The molecule has 2 amide bonds. The van der Waals surface area contributed by atoms with E-state index in [4.69, 9.17) is 10.5 Å². The highest BCUT2D eigenvalue weighted by Crippen LogP contribution is 2.00. The molecule has 0 aromatic carbocycles. The summed E-state index contributed by atoms with van der Waals surface area (Å²) in [7, 11) is 1.43. The van der Waals surface area contributed by atoms with Gasteiger partial charge in [-0.1, -0.05) is 0 Å². The molecule has 0 saturated carbocycles. The number of ether oxygens (including phenoxy) is 1. The average Bonchev–Trinajstić information content (AvgIpc) is 2.53. The van der Waals surface area contributed by atoms with E-state index in [0.29, 0.717) is 13.0 Å². The average molecular weight is 201 g/mol. The molecule has 0 aromatic heterocycles. The molecule has 0 bridgehead atoms. The first-order valence-electron chi connectivity index (χ1n) is 4.47. The van der Waals surface area contributed by atoms with Gasteiger partial charge in [-0.25, -0.2) is 0 Å². The van der Waals surface area contributed by atoms with Crippen LogP contribution >= 0.6 is 0 Å². The Hall–Kier alpha value is -1.14. The van der Waals surface area contributed by atoms with Crippen LogP contribution in [0.5, 0.6) is 0 Å². The second-order valence-corrected chi connectivity index (χ2v) is 3.17. The van der Waals surface area contributed by atoms with Crippen molar-refractivity contribution in [1.29, 1.82) is 0 Å². The van der Waals surface area contributed by atoms with Gasteiger partial charge in [0.25, 0.3) is 5.91 Å². The molecule has 1 aliphatic heterocycles. The normalized spacial score (nSPS) is 23.0. The topological polar surface area (TPSA) is 93.4 Å². The van der Waals surface area contributed by atoms with Crippen molar-refractivity contribution in [2.75, 3.05) is 20.2 Å². The van der Waals surface area contributed by atoms with Gasteiger partial charge >= 0.3 is 0 Å². The van der Waals surface area contributed by atoms with Gasteiger partial charge < -0.3 is 21.1 Å². The second-order valence-electron chi connectivity index (χ2n) is 3.17. The Labute approximate surface area is 82.2 Å². The number of carbonyl (C=O) groups is 2. The summed E-state index contributed by atoms with van der Waals surface area (Å²) in [5.41, 5.74) is 5.32. The minimum Gasteiger partial charge on any atom is -0.370 e. The molecule has 4 N–H and O–H groups in total. The van der Waals surface area contributed by atoms with Crippen LogP contribution < -0.4 is 16.4 Å². The van der Waals surface area contributed by atoms with E-state index < -0.39 is 6.10 Å². The molecule has 1 rings (SSSR count). The van der Waals surface area contributed by atoms with E-state index in [1.54, 1.807) is 0 Å². The summed E-state index contributed by atoms with van der Waals surface area (Å²) in [6.07, 6.45) is -0.307. The van der Waals surface area contributed by atoms with Gasteiger partial charge in [0, 0.05) is 26.6 Å². The monoisotopic (exact) mass is 201 g/mol. The Morgan fingerprint density at radius 2 is 2.57 bits per heavy atom. The van der Waals surface area contributed by atoms with Crippen LogP contribution in [-0.2, 0) is 14.3 Å². The molecular weight excluding hydrogens is 186 g/mol. The van der Waals surface area contributed by atoms with Gasteiger partial charge in [-0.15, -0.1) is 0 Å². The zero-order chi connectivity index (χ0) is 10.6. The van der Waals surface area contributed by atoms with Gasteiger partial charge in [-0.05, 0) is 0 Å². The lowest BCUT2D eigenvalue weighted by Crippen LogP contribution is -2.45. The van der Waals surface area contributed by atoms with E-state index in [9.17, 15) is 9.59 Å². The van der Waals surface area contributed by atoms with Crippen LogP contribution in [0.15, 0.2) is 0 Å². The van der Waals surface area contributed by atoms with Crippen LogP contribution in [0, 0.1) is 0 Å². The van der Waals surface area contributed by atoms with E-state index in [1.165, 1.54) is 7.11 Å². The van der Waals surface area contributed by atoms with Gasteiger partial charge in [0.05, 0.1) is 6.04 Å². The molecule has 6 nitrogen and oxygen atoms in total. The molecule has 2 unspecified atom stereocenters. The molecule has 0 aromatic rings. The van der Waals surface area contributed by atoms with Gasteiger partial charge in [-0.3, -0.25) is 9.59 Å². The fourth-order valence-electron chi connectivity index (χ4n) is 1.31. The first-order valence-corrected chi connectivity index (χ1v) is 4.47. The summed E-state index contributed by atoms with van der Waals surface area (Å²) in [5, 5.41) is 5.31. The van der Waals surface area contributed by atoms with Crippen LogP contribution in [-0.4, -0.2) is 44.2 Å². The van der Waals surface area contributed by atoms with E-state index in [1.807, 2.05) is 0 Å². The number of rotatable bonds is 4. The lowest BCUT2D eigenvalue weighted by atomic mass is 10.2. The van der Waals surface area contributed by atoms with Crippen molar-refractivity contribution in [3.63, 3.8) is 0 Å². The van der Waals surface area contributed by atoms with E-state index in [2.05, 4.69) is 10.6 Å². The third-order valence-corrected chi connectivity index (χ3v) is 2.11. The molecule has 1 saturated heterocycles. The number of hydrogen-bond donors (Lipinski definition) is 3. The lowest BCUT2D eigenvalue weighted by Gasteiger charge is -2.16. The maximum atomic E-state index is 11.4. The Morgan fingerprint density at radius 1 is 1.86 bits per heavy atom. The molecular formula is C8H15N3O3. The quantitative estimate of drug-likeness (QED) is 0.488. The zero-order valence-electron chi connectivity index (χ0n) is 8.08. The van der Waals surface area contributed by atoms with Crippen LogP contribution in [0.4, 0.5) is 0 Å². The minimum absolute atomic E-state index is 0.0444. The number of nitrogens with two attached hydrogens (primary N) is 1. The number of hydrogen-bond acceptors (Lipinski definition) is 4. The molecule has 0 radical (unpaired) electrons. The van der Waals surface area contributed by atoms with E-state index in [-0.39, 0.29) is 24.4 Å². The van der Waals surface area contributed by atoms with Crippen molar-refractivity contribution in [2.45, 2.75) is 18.6 Å². The molecule has 2 atom stereocenters. The third kappa shape index (κ3) is 2.68. The second kappa shape index (κ2) is 4.92. The van der Waals surface area contributed by atoms with Crippen molar-refractivity contribution in [3.05, 3.63) is 0 Å². The summed E-state index contributed by atoms with van der Waals surface area (Å²) >= 11 is 0. The molecule has 14 heavy (non-hydrogen) atoms. The number of amides is 2. The summed E-state index contributed by atoms with van der Waals surface area (Å²) in [6.45, 7) is 0.613. The van der Waals surface area contributed by atoms with Crippen molar-refractivity contribution in [3.8, 4) is 0 Å². The Balaban J connectivity index is 2.36. The van der Waals surface area contributed by atoms with Crippen LogP contribution in [0.3, 0.4) is 0 Å². The largest absolute Gasteiger partial charge is 0.370 e. The predicted molar refractivity (Wildman–Crippen MR) is 49.4 cm³/mol. The van der Waals surface area contributed by atoms with Gasteiger partial charge in [0.1, 0.15) is 6.10 Å².